The molecular weight excluding hydrogens is 256 g/mol. The van der Waals surface area contributed by atoms with Gasteiger partial charge in [-0.3, -0.25) is 4.79 Å². The van der Waals surface area contributed by atoms with Crippen LogP contribution in [-0.4, -0.2) is 17.4 Å². The Balaban J connectivity index is 1.84. The first-order valence-corrected chi connectivity index (χ1v) is 7.33. The highest BCUT2D eigenvalue weighted by Crippen LogP contribution is 2.17. The molecule has 4 heteroatoms. The number of nitrogens with one attached hydrogen (secondary N) is 1. The lowest BCUT2D eigenvalue weighted by molar-refractivity contribution is -0.120. The summed E-state index contributed by atoms with van der Waals surface area (Å²) < 4.78 is 0. The summed E-state index contributed by atoms with van der Waals surface area (Å²) in [6, 6.07) is 10.4. The zero-order valence-corrected chi connectivity index (χ0v) is 11.9. The van der Waals surface area contributed by atoms with Crippen LogP contribution in [0.4, 0.5) is 0 Å². The molecule has 1 N–H and O–H groups in total. The van der Waals surface area contributed by atoms with E-state index in [0.717, 1.165) is 17.8 Å². The molecule has 0 unspecified atom stereocenters. The smallest absolute Gasteiger partial charge is 0.219 e. The van der Waals surface area contributed by atoms with Crippen LogP contribution in [0.2, 0.25) is 0 Å². The zero-order valence-electron chi connectivity index (χ0n) is 11.1. The lowest BCUT2D eigenvalue weighted by Crippen LogP contribution is -2.24. The van der Waals surface area contributed by atoms with E-state index < -0.39 is 0 Å². The highest BCUT2D eigenvalue weighted by molar-refractivity contribution is 7.11. The molecule has 0 aliphatic heterocycles. The van der Waals surface area contributed by atoms with E-state index in [4.69, 9.17) is 0 Å². The lowest BCUT2D eigenvalue weighted by Gasteiger charge is -2.00. The Hall–Kier alpha value is -1.68. The van der Waals surface area contributed by atoms with E-state index >= 15 is 0 Å². The average Bonchev–Trinajstić information content (AvgIpc) is 2.87. The van der Waals surface area contributed by atoms with Gasteiger partial charge in [0, 0.05) is 36.9 Å². The summed E-state index contributed by atoms with van der Waals surface area (Å²) in [6.45, 7) is 2.53. The molecule has 0 aliphatic rings. The summed E-state index contributed by atoms with van der Waals surface area (Å²) in [7, 11) is 0. The second kappa shape index (κ2) is 7.04. The van der Waals surface area contributed by atoms with Gasteiger partial charge in [-0.05, 0) is 5.56 Å². The fourth-order valence-corrected chi connectivity index (χ4v) is 2.73. The van der Waals surface area contributed by atoms with Crippen LogP contribution >= 0.6 is 11.3 Å². The molecule has 0 spiro atoms. The molecule has 3 nitrogen and oxygen atoms in total. The number of rotatable bonds is 6. The maximum absolute atomic E-state index is 11.1. The van der Waals surface area contributed by atoms with Gasteiger partial charge in [-0.25, -0.2) is 4.98 Å². The Morgan fingerprint density at radius 3 is 2.84 bits per heavy atom. The van der Waals surface area contributed by atoms with Crippen LogP contribution in [0, 0.1) is 0 Å². The molecule has 100 valence electrons. The molecule has 1 heterocycles. The van der Waals surface area contributed by atoms with Crippen molar-refractivity contribution in [2.45, 2.75) is 26.2 Å². The Bertz CT molecular complexity index is 522. The second-order valence-electron chi connectivity index (χ2n) is 4.34. The topological polar surface area (TPSA) is 42.0 Å². The third-order valence-electron chi connectivity index (χ3n) is 2.80. The van der Waals surface area contributed by atoms with Crippen molar-refractivity contribution in [2.24, 2.45) is 0 Å². The summed E-state index contributed by atoms with van der Waals surface area (Å²) in [5.74, 6) is 0.0982. The van der Waals surface area contributed by atoms with E-state index in [-0.39, 0.29) is 5.91 Å². The Kier molecular flexibility index (Phi) is 5.10. The van der Waals surface area contributed by atoms with Gasteiger partial charge in [-0.2, -0.15) is 0 Å². The molecule has 0 aliphatic carbocycles. The first-order chi connectivity index (χ1) is 9.28. The molecular formula is C15H18N2OS. The van der Waals surface area contributed by atoms with Crippen molar-refractivity contribution in [3.8, 4) is 0 Å². The van der Waals surface area contributed by atoms with Crippen molar-refractivity contribution in [2.75, 3.05) is 6.54 Å². The van der Waals surface area contributed by atoms with Crippen molar-refractivity contribution in [3.63, 3.8) is 0 Å². The number of hydrogen-bond acceptors (Lipinski definition) is 3. The van der Waals surface area contributed by atoms with Crippen molar-refractivity contribution in [1.82, 2.24) is 10.3 Å². The van der Waals surface area contributed by atoms with Crippen molar-refractivity contribution in [1.29, 1.82) is 0 Å². The molecule has 0 saturated heterocycles. The number of aromatic nitrogens is 1. The van der Waals surface area contributed by atoms with Gasteiger partial charge in [0.15, 0.2) is 0 Å². The van der Waals surface area contributed by atoms with E-state index in [9.17, 15) is 4.79 Å². The van der Waals surface area contributed by atoms with E-state index in [1.165, 1.54) is 10.4 Å². The Morgan fingerprint density at radius 2 is 2.11 bits per heavy atom. The summed E-state index contributed by atoms with van der Waals surface area (Å²) in [6.07, 6.45) is 4.22. The fraction of sp³-hybridized carbons (Fsp3) is 0.333. The molecule has 1 aromatic heterocycles. The highest BCUT2D eigenvalue weighted by atomic mass is 32.1. The minimum absolute atomic E-state index is 0.0982. The lowest BCUT2D eigenvalue weighted by atomic mass is 10.1. The van der Waals surface area contributed by atoms with Crippen LogP contribution in [0.1, 0.15) is 28.8 Å². The number of amides is 1. The predicted octanol–water partition coefficient (Wildman–Crippen LogP) is 2.80. The van der Waals surface area contributed by atoms with Crippen LogP contribution in [-0.2, 0) is 17.6 Å². The predicted molar refractivity (Wildman–Crippen MR) is 78.4 cm³/mol. The number of carbonyl (C=O) groups excluding carboxylic acids is 1. The minimum atomic E-state index is 0.0982. The monoisotopic (exact) mass is 274 g/mol. The van der Waals surface area contributed by atoms with Gasteiger partial charge in [-0.1, -0.05) is 37.3 Å². The first kappa shape index (κ1) is 13.7. The Labute approximate surface area is 117 Å². The number of thiazole rings is 1. The van der Waals surface area contributed by atoms with Crippen molar-refractivity contribution < 1.29 is 4.79 Å². The zero-order chi connectivity index (χ0) is 13.5. The maximum Gasteiger partial charge on any atom is 0.219 e. The molecule has 0 fully saturated rings. The number of hydrogen-bond donors (Lipinski definition) is 1. The van der Waals surface area contributed by atoms with Crippen LogP contribution in [0.15, 0.2) is 36.5 Å². The van der Waals surface area contributed by atoms with Gasteiger partial charge in [0.25, 0.3) is 0 Å². The van der Waals surface area contributed by atoms with E-state index in [1.807, 2.05) is 19.2 Å². The molecule has 1 amide bonds. The molecule has 0 radical (unpaired) electrons. The number of carbonyl (C=O) groups is 1. The van der Waals surface area contributed by atoms with Gasteiger partial charge in [0.05, 0.1) is 5.01 Å². The highest BCUT2D eigenvalue weighted by Gasteiger charge is 2.04. The third kappa shape index (κ3) is 4.48. The standard InChI is InChI=1S/C15H18N2OS/c1-2-14(18)16-9-8-15-17-11-13(19-15)10-12-6-4-3-5-7-12/h3-7,11H,2,8-10H2,1H3,(H,16,18). The molecule has 2 rings (SSSR count). The molecule has 1 aromatic carbocycles. The number of benzene rings is 1. The normalized spacial score (nSPS) is 10.4. The Morgan fingerprint density at radius 1 is 1.32 bits per heavy atom. The fourth-order valence-electron chi connectivity index (χ4n) is 1.78. The number of nitrogens with zero attached hydrogens (tertiary/aromatic N) is 1. The van der Waals surface area contributed by atoms with E-state index in [2.05, 4.69) is 34.6 Å². The molecule has 19 heavy (non-hydrogen) atoms. The molecule has 0 atom stereocenters. The van der Waals surface area contributed by atoms with Crippen LogP contribution in [0.3, 0.4) is 0 Å². The largest absolute Gasteiger partial charge is 0.356 e. The van der Waals surface area contributed by atoms with Gasteiger partial charge >= 0.3 is 0 Å². The van der Waals surface area contributed by atoms with E-state index in [1.54, 1.807) is 11.3 Å². The van der Waals surface area contributed by atoms with Crippen LogP contribution in [0.25, 0.3) is 0 Å². The summed E-state index contributed by atoms with van der Waals surface area (Å²) in [4.78, 5) is 16.8. The molecule has 2 aromatic rings. The van der Waals surface area contributed by atoms with Crippen molar-refractivity contribution >= 4 is 17.2 Å². The maximum atomic E-state index is 11.1. The van der Waals surface area contributed by atoms with Crippen LogP contribution < -0.4 is 5.32 Å². The van der Waals surface area contributed by atoms with Crippen LogP contribution in [0.5, 0.6) is 0 Å². The van der Waals surface area contributed by atoms with E-state index in [0.29, 0.717) is 13.0 Å². The minimum Gasteiger partial charge on any atom is -0.356 e. The second-order valence-corrected chi connectivity index (χ2v) is 5.54. The van der Waals surface area contributed by atoms with Gasteiger partial charge in [0.2, 0.25) is 5.91 Å². The summed E-state index contributed by atoms with van der Waals surface area (Å²) >= 11 is 1.72. The quantitative estimate of drug-likeness (QED) is 0.880. The SMILES string of the molecule is CCC(=O)NCCc1ncc(Cc2ccccc2)s1. The average molecular weight is 274 g/mol. The van der Waals surface area contributed by atoms with Gasteiger partial charge < -0.3 is 5.32 Å². The van der Waals surface area contributed by atoms with Gasteiger partial charge in [0.1, 0.15) is 0 Å². The summed E-state index contributed by atoms with van der Waals surface area (Å²) in [5.41, 5.74) is 1.30. The molecule has 0 saturated carbocycles. The third-order valence-corrected chi connectivity index (χ3v) is 3.86. The summed E-state index contributed by atoms with van der Waals surface area (Å²) in [5, 5.41) is 3.95. The van der Waals surface area contributed by atoms with Gasteiger partial charge in [-0.15, -0.1) is 11.3 Å². The van der Waals surface area contributed by atoms with Crippen molar-refractivity contribution in [3.05, 3.63) is 52.0 Å². The molecule has 0 bridgehead atoms. The first-order valence-electron chi connectivity index (χ1n) is 6.52.